The summed E-state index contributed by atoms with van der Waals surface area (Å²) >= 11 is 0. The molecule has 0 spiro atoms. The number of aromatic nitrogens is 1. The number of ether oxygens (including phenoxy) is 1. The molecule has 1 aromatic rings. The molecule has 1 aromatic heterocycles. The second-order valence-electron chi connectivity index (χ2n) is 4.57. The van der Waals surface area contributed by atoms with Crippen molar-refractivity contribution in [3.8, 4) is 5.88 Å². The first-order valence-electron chi connectivity index (χ1n) is 6.25. The van der Waals surface area contributed by atoms with E-state index in [1.807, 2.05) is 12.3 Å². The van der Waals surface area contributed by atoms with Gasteiger partial charge in [-0.1, -0.05) is 13.0 Å². The highest BCUT2D eigenvalue weighted by molar-refractivity contribution is 5.23. The van der Waals surface area contributed by atoms with Gasteiger partial charge in [0.25, 0.3) is 0 Å². The van der Waals surface area contributed by atoms with Crippen LogP contribution in [0.5, 0.6) is 5.88 Å². The van der Waals surface area contributed by atoms with Crippen LogP contribution in [0, 0.1) is 0 Å². The molecule has 0 bridgehead atoms. The minimum atomic E-state index is 0.219. The smallest absolute Gasteiger partial charge is 0.212 e. The quantitative estimate of drug-likeness (QED) is 0.860. The third-order valence-electron chi connectivity index (χ3n) is 3.37. The van der Waals surface area contributed by atoms with Gasteiger partial charge >= 0.3 is 0 Å². The summed E-state index contributed by atoms with van der Waals surface area (Å²) < 4.78 is 5.08. The molecule has 0 aliphatic carbocycles. The van der Waals surface area contributed by atoms with E-state index in [1.165, 1.54) is 5.56 Å². The molecule has 1 saturated heterocycles. The van der Waals surface area contributed by atoms with Crippen LogP contribution in [0.3, 0.4) is 0 Å². The predicted molar refractivity (Wildman–Crippen MR) is 68.0 cm³/mol. The minimum absolute atomic E-state index is 0.219. The Balaban J connectivity index is 2.17. The highest BCUT2D eigenvalue weighted by Gasteiger charge is 2.32. The lowest BCUT2D eigenvalue weighted by atomic mass is 10.0. The number of nitrogens with zero attached hydrogens (tertiary/aromatic N) is 2. The summed E-state index contributed by atoms with van der Waals surface area (Å²) in [5, 5.41) is 0. The Kier molecular flexibility index (Phi) is 3.97. The minimum Gasteiger partial charge on any atom is -0.481 e. The number of hydrogen-bond acceptors (Lipinski definition) is 4. The lowest BCUT2D eigenvalue weighted by molar-refractivity contribution is 0.247. The molecule has 1 aliphatic rings. The summed E-state index contributed by atoms with van der Waals surface area (Å²) in [6.07, 6.45) is 4.11. The van der Waals surface area contributed by atoms with Crippen molar-refractivity contribution in [1.29, 1.82) is 0 Å². The van der Waals surface area contributed by atoms with Crippen molar-refractivity contribution >= 4 is 0 Å². The fourth-order valence-electron chi connectivity index (χ4n) is 2.57. The van der Waals surface area contributed by atoms with Gasteiger partial charge in [0.1, 0.15) is 0 Å². The molecule has 1 aliphatic heterocycles. The lowest BCUT2D eigenvalue weighted by Gasteiger charge is -2.26. The normalized spacial score (nSPS) is 25.1. The molecular formula is C13H21N3O. The van der Waals surface area contributed by atoms with E-state index in [-0.39, 0.29) is 6.04 Å². The molecule has 4 heteroatoms. The fraction of sp³-hybridized carbons (Fsp3) is 0.615. The van der Waals surface area contributed by atoms with Crippen LogP contribution in [0.4, 0.5) is 0 Å². The molecule has 1 fully saturated rings. The number of hydrogen-bond donors (Lipinski definition) is 1. The monoisotopic (exact) mass is 235 g/mol. The highest BCUT2D eigenvalue weighted by Crippen LogP contribution is 2.31. The van der Waals surface area contributed by atoms with Crippen LogP contribution in [-0.2, 0) is 0 Å². The number of likely N-dealkylation sites (tertiary alicyclic amines) is 1. The number of rotatable bonds is 4. The van der Waals surface area contributed by atoms with E-state index in [4.69, 9.17) is 10.5 Å². The van der Waals surface area contributed by atoms with E-state index in [1.54, 1.807) is 7.11 Å². The number of methoxy groups -OCH3 is 1. The van der Waals surface area contributed by atoms with Crippen LogP contribution < -0.4 is 10.5 Å². The lowest BCUT2D eigenvalue weighted by Crippen LogP contribution is -2.32. The fourth-order valence-corrected chi connectivity index (χ4v) is 2.57. The van der Waals surface area contributed by atoms with Crippen LogP contribution in [0.15, 0.2) is 18.3 Å². The van der Waals surface area contributed by atoms with Crippen molar-refractivity contribution in [3.63, 3.8) is 0 Å². The Bertz CT molecular complexity index is 350. The zero-order valence-electron chi connectivity index (χ0n) is 10.6. The van der Waals surface area contributed by atoms with Gasteiger partial charge in [0, 0.05) is 24.8 Å². The maximum Gasteiger partial charge on any atom is 0.212 e. The SMILES string of the molecule is CCCN1CCC(N)C1c1ccc(OC)nc1. The van der Waals surface area contributed by atoms with E-state index in [0.717, 1.165) is 25.9 Å². The first kappa shape index (κ1) is 12.3. The van der Waals surface area contributed by atoms with Crippen LogP contribution in [0.25, 0.3) is 0 Å². The summed E-state index contributed by atoms with van der Waals surface area (Å²) in [7, 11) is 1.63. The van der Waals surface area contributed by atoms with Gasteiger partial charge in [-0.3, -0.25) is 4.90 Å². The molecule has 2 rings (SSSR count). The molecule has 2 heterocycles. The van der Waals surface area contributed by atoms with E-state index in [0.29, 0.717) is 11.9 Å². The van der Waals surface area contributed by atoms with Gasteiger partial charge in [-0.25, -0.2) is 4.98 Å². The van der Waals surface area contributed by atoms with Crippen molar-refractivity contribution in [1.82, 2.24) is 9.88 Å². The third kappa shape index (κ3) is 2.58. The molecular weight excluding hydrogens is 214 g/mol. The Hall–Kier alpha value is -1.13. The van der Waals surface area contributed by atoms with Gasteiger partial charge in [-0.2, -0.15) is 0 Å². The summed E-state index contributed by atoms with van der Waals surface area (Å²) in [5.41, 5.74) is 7.40. The molecule has 0 amide bonds. The van der Waals surface area contributed by atoms with Crippen molar-refractivity contribution in [2.75, 3.05) is 20.2 Å². The van der Waals surface area contributed by atoms with Gasteiger partial charge in [-0.15, -0.1) is 0 Å². The van der Waals surface area contributed by atoms with Crippen molar-refractivity contribution in [2.24, 2.45) is 5.73 Å². The van der Waals surface area contributed by atoms with E-state index in [2.05, 4.69) is 22.9 Å². The van der Waals surface area contributed by atoms with Crippen molar-refractivity contribution < 1.29 is 4.74 Å². The summed E-state index contributed by atoms with van der Waals surface area (Å²) in [6.45, 7) is 4.39. The standard InChI is InChI=1S/C13H21N3O/c1-3-7-16-8-6-11(14)13(16)10-4-5-12(17-2)15-9-10/h4-5,9,11,13H,3,6-8,14H2,1-2H3. The van der Waals surface area contributed by atoms with Crippen LogP contribution in [0.2, 0.25) is 0 Å². The first-order chi connectivity index (χ1) is 8.26. The summed E-state index contributed by atoms with van der Waals surface area (Å²) in [5.74, 6) is 0.655. The predicted octanol–water partition coefficient (Wildman–Crippen LogP) is 1.57. The zero-order chi connectivity index (χ0) is 12.3. The molecule has 2 N–H and O–H groups in total. The second kappa shape index (κ2) is 5.47. The zero-order valence-corrected chi connectivity index (χ0v) is 10.6. The second-order valence-corrected chi connectivity index (χ2v) is 4.57. The van der Waals surface area contributed by atoms with E-state index < -0.39 is 0 Å². The molecule has 0 aromatic carbocycles. The van der Waals surface area contributed by atoms with Gasteiger partial charge in [0.05, 0.1) is 13.2 Å². The topological polar surface area (TPSA) is 51.4 Å². The van der Waals surface area contributed by atoms with Gasteiger partial charge in [0.15, 0.2) is 0 Å². The first-order valence-corrected chi connectivity index (χ1v) is 6.25. The van der Waals surface area contributed by atoms with Gasteiger partial charge in [0.2, 0.25) is 5.88 Å². The highest BCUT2D eigenvalue weighted by atomic mass is 16.5. The molecule has 17 heavy (non-hydrogen) atoms. The van der Waals surface area contributed by atoms with Crippen LogP contribution in [-0.4, -0.2) is 36.1 Å². The Morgan fingerprint density at radius 2 is 2.35 bits per heavy atom. The number of pyridine rings is 1. The van der Waals surface area contributed by atoms with E-state index in [9.17, 15) is 0 Å². The Labute approximate surface area is 103 Å². The van der Waals surface area contributed by atoms with Crippen LogP contribution in [0.1, 0.15) is 31.4 Å². The molecule has 4 nitrogen and oxygen atoms in total. The van der Waals surface area contributed by atoms with Crippen LogP contribution >= 0.6 is 0 Å². The maximum absolute atomic E-state index is 6.20. The molecule has 94 valence electrons. The molecule has 0 radical (unpaired) electrons. The maximum atomic E-state index is 6.20. The Morgan fingerprint density at radius 3 is 2.94 bits per heavy atom. The van der Waals surface area contributed by atoms with E-state index >= 15 is 0 Å². The van der Waals surface area contributed by atoms with Gasteiger partial charge in [-0.05, 0) is 24.9 Å². The van der Waals surface area contributed by atoms with Gasteiger partial charge < -0.3 is 10.5 Å². The summed E-state index contributed by atoms with van der Waals surface area (Å²) in [4.78, 5) is 6.72. The van der Waals surface area contributed by atoms with Crippen molar-refractivity contribution in [2.45, 2.75) is 31.8 Å². The average molecular weight is 235 g/mol. The Morgan fingerprint density at radius 1 is 1.53 bits per heavy atom. The summed E-state index contributed by atoms with van der Waals surface area (Å²) in [6, 6.07) is 4.51. The molecule has 2 unspecified atom stereocenters. The molecule has 0 saturated carbocycles. The average Bonchev–Trinajstić information content (AvgIpc) is 2.71. The third-order valence-corrected chi connectivity index (χ3v) is 3.37. The largest absolute Gasteiger partial charge is 0.481 e. The van der Waals surface area contributed by atoms with Crippen molar-refractivity contribution in [3.05, 3.63) is 23.9 Å². The molecule has 2 atom stereocenters. The number of nitrogens with two attached hydrogens (primary N) is 1.